The Morgan fingerprint density at radius 1 is 1.24 bits per heavy atom. The number of nitrogens with zero attached hydrogens (tertiary/aromatic N) is 1. The van der Waals surface area contributed by atoms with Crippen LogP contribution in [0.25, 0.3) is 0 Å². The molecule has 25 heavy (non-hydrogen) atoms. The molecule has 0 bridgehead atoms. The maximum atomic E-state index is 13.0. The molecule has 1 atom stereocenters. The van der Waals surface area contributed by atoms with Crippen LogP contribution < -0.4 is 10.2 Å². The SMILES string of the molecule is O=C(CC[C@@H]1CCCO1)Nc1cc(C(F)(F)F)ccc1N1CCCC1. The molecule has 1 aromatic rings. The molecule has 0 unspecified atom stereocenters. The minimum atomic E-state index is -4.43. The standard InChI is InChI=1S/C18H23F3N2O2/c19-18(20,21)13-5-7-16(23-9-1-2-10-23)15(12-13)22-17(24)8-6-14-4-3-11-25-14/h5,7,12,14H,1-4,6,8-11H2,(H,22,24)/t14-/m0/s1. The van der Waals surface area contributed by atoms with Crippen molar-refractivity contribution >= 4 is 17.3 Å². The number of rotatable bonds is 5. The van der Waals surface area contributed by atoms with E-state index in [2.05, 4.69) is 5.32 Å². The van der Waals surface area contributed by atoms with Crippen molar-refractivity contribution in [2.45, 2.75) is 50.8 Å². The molecule has 7 heteroatoms. The molecular formula is C18H23F3N2O2. The van der Waals surface area contributed by atoms with Crippen molar-refractivity contribution in [2.24, 2.45) is 0 Å². The quantitative estimate of drug-likeness (QED) is 0.860. The highest BCUT2D eigenvalue weighted by Gasteiger charge is 2.32. The molecule has 1 N–H and O–H groups in total. The second-order valence-electron chi connectivity index (χ2n) is 6.65. The topological polar surface area (TPSA) is 41.6 Å². The van der Waals surface area contributed by atoms with Gasteiger partial charge in [0.15, 0.2) is 0 Å². The third-order valence-electron chi connectivity index (χ3n) is 4.76. The summed E-state index contributed by atoms with van der Waals surface area (Å²) >= 11 is 0. The van der Waals surface area contributed by atoms with Gasteiger partial charge >= 0.3 is 6.18 Å². The minimum Gasteiger partial charge on any atom is -0.378 e. The van der Waals surface area contributed by atoms with E-state index < -0.39 is 11.7 Å². The second-order valence-corrected chi connectivity index (χ2v) is 6.65. The lowest BCUT2D eigenvalue weighted by Crippen LogP contribution is -2.22. The average molecular weight is 356 g/mol. The number of amides is 1. The lowest BCUT2D eigenvalue weighted by Gasteiger charge is -2.23. The molecule has 2 aliphatic heterocycles. The molecule has 0 saturated carbocycles. The maximum absolute atomic E-state index is 13.0. The van der Waals surface area contributed by atoms with E-state index in [1.807, 2.05) is 4.90 Å². The summed E-state index contributed by atoms with van der Waals surface area (Å²) in [5.41, 5.74) is 0.162. The third-order valence-corrected chi connectivity index (χ3v) is 4.76. The zero-order chi connectivity index (χ0) is 17.9. The average Bonchev–Trinajstić information content (AvgIpc) is 3.26. The number of hydrogen-bond donors (Lipinski definition) is 1. The minimum absolute atomic E-state index is 0.0883. The Hall–Kier alpha value is -1.76. The van der Waals surface area contributed by atoms with E-state index in [4.69, 9.17) is 4.74 Å². The molecule has 4 nitrogen and oxygen atoms in total. The Balaban J connectivity index is 1.72. The van der Waals surface area contributed by atoms with Gasteiger partial charge in [0.1, 0.15) is 0 Å². The zero-order valence-corrected chi connectivity index (χ0v) is 14.1. The van der Waals surface area contributed by atoms with Crippen LogP contribution in [-0.2, 0) is 15.7 Å². The van der Waals surface area contributed by atoms with Gasteiger partial charge < -0.3 is 15.0 Å². The van der Waals surface area contributed by atoms with Crippen LogP contribution in [0.4, 0.5) is 24.5 Å². The lowest BCUT2D eigenvalue weighted by atomic mass is 10.1. The van der Waals surface area contributed by atoms with Crippen LogP contribution in [0.1, 0.15) is 44.1 Å². The summed E-state index contributed by atoms with van der Waals surface area (Å²) in [4.78, 5) is 14.3. The Morgan fingerprint density at radius 3 is 2.64 bits per heavy atom. The van der Waals surface area contributed by atoms with Crippen molar-refractivity contribution in [2.75, 3.05) is 29.9 Å². The second kappa shape index (κ2) is 7.64. The number of benzene rings is 1. The molecular weight excluding hydrogens is 333 g/mol. The number of nitrogens with one attached hydrogen (secondary N) is 1. The van der Waals surface area contributed by atoms with E-state index in [9.17, 15) is 18.0 Å². The summed E-state index contributed by atoms with van der Waals surface area (Å²) in [5, 5.41) is 2.69. The van der Waals surface area contributed by atoms with Crippen LogP contribution >= 0.6 is 0 Å². The summed E-state index contributed by atoms with van der Waals surface area (Å²) < 4.78 is 44.6. The number of alkyl halides is 3. The number of carbonyl (C=O) groups is 1. The van der Waals surface area contributed by atoms with Crippen LogP contribution in [0.15, 0.2) is 18.2 Å². The smallest absolute Gasteiger partial charge is 0.378 e. The summed E-state index contributed by atoms with van der Waals surface area (Å²) in [6, 6.07) is 3.58. The first-order chi connectivity index (χ1) is 11.9. The van der Waals surface area contributed by atoms with Gasteiger partial charge in [-0.25, -0.2) is 0 Å². The molecule has 138 valence electrons. The highest BCUT2D eigenvalue weighted by molar-refractivity contribution is 5.94. The molecule has 0 aliphatic carbocycles. The molecule has 0 aromatic heterocycles. The van der Waals surface area contributed by atoms with Gasteiger partial charge in [0.2, 0.25) is 5.91 Å². The lowest BCUT2D eigenvalue weighted by molar-refractivity contribution is -0.137. The van der Waals surface area contributed by atoms with E-state index in [0.29, 0.717) is 12.1 Å². The molecule has 1 aromatic carbocycles. The number of hydrogen-bond acceptors (Lipinski definition) is 3. The monoisotopic (exact) mass is 356 g/mol. The van der Waals surface area contributed by atoms with Crippen LogP contribution in [-0.4, -0.2) is 31.7 Å². The number of carbonyl (C=O) groups excluding carboxylic acids is 1. The first kappa shape index (κ1) is 18.0. The third kappa shape index (κ3) is 4.66. The van der Waals surface area contributed by atoms with Crippen molar-refractivity contribution in [3.63, 3.8) is 0 Å². The molecule has 1 amide bonds. The van der Waals surface area contributed by atoms with Gasteiger partial charge in [-0.2, -0.15) is 13.2 Å². The Morgan fingerprint density at radius 2 is 2.00 bits per heavy atom. The molecule has 2 saturated heterocycles. The fourth-order valence-electron chi connectivity index (χ4n) is 3.42. The summed E-state index contributed by atoms with van der Waals surface area (Å²) in [7, 11) is 0. The Labute approximate surface area is 145 Å². The predicted molar refractivity (Wildman–Crippen MR) is 89.7 cm³/mol. The van der Waals surface area contributed by atoms with Crippen molar-refractivity contribution in [1.29, 1.82) is 0 Å². The fraction of sp³-hybridized carbons (Fsp3) is 0.611. The van der Waals surface area contributed by atoms with Crippen molar-refractivity contribution in [3.8, 4) is 0 Å². The van der Waals surface area contributed by atoms with Gasteiger partial charge in [-0.05, 0) is 50.3 Å². The van der Waals surface area contributed by atoms with Gasteiger partial charge in [-0.15, -0.1) is 0 Å². The van der Waals surface area contributed by atoms with Crippen molar-refractivity contribution < 1.29 is 22.7 Å². The largest absolute Gasteiger partial charge is 0.416 e. The Bertz CT molecular complexity index is 607. The highest BCUT2D eigenvalue weighted by Crippen LogP contribution is 2.36. The normalized spacial score (nSPS) is 20.9. The molecule has 2 fully saturated rings. The number of anilines is 2. The van der Waals surface area contributed by atoms with Gasteiger partial charge in [0, 0.05) is 26.1 Å². The maximum Gasteiger partial charge on any atom is 0.416 e. The van der Waals surface area contributed by atoms with Crippen LogP contribution in [0.2, 0.25) is 0 Å². The summed E-state index contributed by atoms with van der Waals surface area (Å²) in [5.74, 6) is -0.268. The van der Waals surface area contributed by atoms with E-state index in [-0.39, 0.29) is 24.1 Å². The van der Waals surface area contributed by atoms with E-state index >= 15 is 0 Å². The molecule has 0 radical (unpaired) electrons. The summed E-state index contributed by atoms with van der Waals surface area (Å²) in [6.45, 7) is 2.31. The van der Waals surface area contributed by atoms with E-state index in [1.54, 1.807) is 0 Å². The Kier molecular flexibility index (Phi) is 5.51. The van der Waals surface area contributed by atoms with Gasteiger partial charge in [0.05, 0.1) is 23.0 Å². The molecule has 0 spiro atoms. The van der Waals surface area contributed by atoms with E-state index in [1.165, 1.54) is 6.07 Å². The highest BCUT2D eigenvalue weighted by atomic mass is 19.4. The van der Waals surface area contributed by atoms with E-state index in [0.717, 1.165) is 57.5 Å². The van der Waals surface area contributed by atoms with Crippen molar-refractivity contribution in [3.05, 3.63) is 23.8 Å². The molecule has 3 rings (SSSR count). The first-order valence-electron chi connectivity index (χ1n) is 8.81. The van der Waals surface area contributed by atoms with Gasteiger partial charge in [-0.3, -0.25) is 4.79 Å². The number of halogens is 3. The molecule has 2 heterocycles. The van der Waals surface area contributed by atoms with Gasteiger partial charge in [-0.1, -0.05) is 0 Å². The van der Waals surface area contributed by atoms with Crippen LogP contribution in [0.5, 0.6) is 0 Å². The summed E-state index contributed by atoms with van der Waals surface area (Å²) in [6.07, 6.45) is 0.464. The van der Waals surface area contributed by atoms with Crippen molar-refractivity contribution in [1.82, 2.24) is 0 Å². The van der Waals surface area contributed by atoms with Gasteiger partial charge in [0.25, 0.3) is 0 Å². The number of ether oxygens (including phenoxy) is 1. The molecule has 2 aliphatic rings. The first-order valence-corrected chi connectivity index (χ1v) is 8.81. The predicted octanol–water partition coefficient (Wildman–Crippen LogP) is 4.20. The van der Waals surface area contributed by atoms with Crippen LogP contribution in [0, 0.1) is 0 Å². The van der Waals surface area contributed by atoms with Crippen LogP contribution in [0.3, 0.4) is 0 Å². The fourth-order valence-corrected chi connectivity index (χ4v) is 3.42. The zero-order valence-electron chi connectivity index (χ0n) is 14.1.